The Kier molecular flexibility index (Phi) is 5.13. The van der Waals surface area contributed by atoms with Crippen molar-refractivity contribution >= 4 is 22.8 Å². The minimum absolute atomic E-state index is 0.128. The van der Waals surface area contributed by atoms with Gasteiger partial charge in [0.25, 0.3) is 0 Å². The third-order valence-corrected chi connectivity index (χ3v) is 5.58. The number of hydrogen-bond acceptors (Lipinski definition) is 4. The second-order valence-electron chi connectivity index (χ2n) is 5.73. The number of amidine groups is 1. The molecule has 0 bridgehead atoms. The summed E-state index contributed by atoms with van der Waals surface area (Å²) in [7, 11) is 1.83. The molecule has 1 spiro atoms. The third kappa shape index (κ3) is 3.88. The smallest absolute Gasteiger partial charge is 0.241 e. The first-order valence-electron chi connectivity index (χ1n) is 7.30. The van der Waals surface area contributed by atoms with Gasteiger partial charge in [-0.3, -0.25) is 9.79 Å². The molecule has 0 aromatic heterocycles. The van der Waals surface area contributed by atoms with Crippen molar-refractivity contribution in [2.24, 2.45) is 10.4 Å². The van der Waals surface area contributed by atoms with Crippen LogP contribution < -0.4 is 5.32 Å². The first kappa shape index (κ1) is 14.7. The molecular weight excluding hydrogens is 258 g/mol. The SMILES string of the molecule is CCN(C)C(=O)CNC1=NCC2(CCCCC2)CS1. The van der Waals surface area contributed by atoms with Gasteiger partial charge in [0, 0.05) is 25.9 Å². The Balaban J connectivity index is 1.79. The fraction of sp³-hybridized carbons (Fsp3) is 0.857. The number of likely N-dealkylation sites (N-methyl/N-ethyl adjacent to an activating group) is 1. The third-order valence-electron chi connectivity index (χ3n) is 4.28. The van der Waals surface area contributed by atoms with Crippen LogP contribution in [0.4, 0.5) is 0 Å². The van der Waals surface area contributed by atoms with Crippen LogP contribution >= 0.6 is 11.8 Å². The molecule has 19 heavy (non-hydrogen) atoms. The van der Waals surface area contributed by atoms with E-state index in [4.69, 9.17) is 0 Å². The summed E-state index contributed by atoms with van der Waals surface area (Å²) in [4.78, 5) is 18.1. The number of nitrogens with one attached hydrogen (secondary N) is 1. The average Bonchev–Trinajstić information content (AvgIpc) is 2.46. The van der Waals surface area contributed by atoms with E-state index in [1.165, 1.54) is 32.1 Å². The highest BCUT2D eigenvalue weighted by Crippen LogP contribution is 2.41. The lowest BCUT2D eigenvalue weighted by molar-refractivity contribution is -0.128. The number of amides is 1. The van der Waals surface area contributed by atoms with Crippen molar-refractivity contribution < 1.29 is 4.79 Å². The van der Waals surface area contributed by atoms with E-state index in [0.717, 1.165) is 24.0 Å². The van der Waals surface area contributed by atoms with Gasteiger partial charge in [-0.05, 0) is 25.2 Å². The summed E-state index contributed by atoms with van der Waals surface area (Å²) in [6.07, 6.45) is 6.76. The maximum Gasteiger partial charge on any atom is 0.241 e. The Morgan fingerprint density at radius 2 is 2.16 bits per heavy atom. The number of thioether (sulfide) groups is 1. The van der Waals surface area contributed by atoms with Crippen LogP contribution in [0.15, 0.2) is 4.99 Å². The molecule has 1 aliphatic heterocycles. The van der Waals surface area contributed by atoms with E-state index in [2.05, 4.69) is 10.3 Å². The molecule has 0 unspecified atom stereocenters. The number of hydrogen-bond donors (Lipinski definition) is 1. The number of carbonyl (C=O) groups is 1. The van der Waals surface area contributed by atoms with Crippen molar-refractivity contribution in [1.82, 2.24) is 10.2 Å². The van der Waals surface area contributed by atoms with Crippen LogP contribution in [0.3, 0.4) is 0 Å². The van der Waals surface area contributed by atoms with Gasteiger partial charge in [0.1, 0.15) is 0 Å². The minimum atomic E-state index is 0.128. The quantitative estimate of drug-likeness (QED) is 0.863. The predicted molar refractivity (Wildman–Crippen MR) is 81.6 cm³/mol. The molecule has 1 aliphatic carbocycles. The Morgan fingerprint density at radius 3 is 2.74 bits per heavy atom. The van der Waals surface area contributed by atoms with Crippen LogP contribution in [-0.2, 0) is 4.79 Å². The van der Waals surface area contributed by atoms with Crippen molar-refractivity contribution in [2.45, 2.75) is 39.0 Å². The van der Waals surface area contributed by atoms with E-state index in [9.17, 15) is 4.79 Å². The molecule has 1 saturated carbocycles. The molecule has 1 N–H and O–H groups in total. The Morgan fingerprint density at radius 1 is 1.42 bits per heavy atom. The lowest BCUT2D eigenvalue weighted by Gasteiger charge is -2.38. The first-order chi connectivity index (χ1) is 9.15. The standard InChI is InChI=1S/C14H25N3OS/c1-3-17(2)12(18)9-15-13-16-10-14(11-19-13)7-5-4-6-8-14/h3-11H2,1-2H3,(H,15,16). The lowest BCUT2D eigenvalue weighted by Crippen LogP contribution is -2.41. The maximum atomic E-state index is 11.7. The highest BCUT2D eigenvalue weighted by atomic mass is 32.2. The van der Waals surface area contributed by atoms with Crippen LogP contribution in [0, 0.1) is 5.41 Å². The normalized spacial score (nSPS) is 21.9. The largest absolute Gasteiger partial charge is 0.356 e. The molecule has 108 valence electrons. The van der Waals surface area contributed by atoms with Gasteiger partial charge in [0.05, 0.1) is 6.54 Å². The van der Waals surface area contributed by atoms with E-state index < -0.39 is 0 Å². The second kappa shape index (κ2) is 6.64. The molecule has 0 radical (unpaired) electrons. The maximum absolute atomic E-state index is 11.7. The highest BCUT2D eigenvalue weighted by Gasteiger charge is 2.34. The summed E-state index contributed by atoms with van der Waals surface area (Å²) in [5, 5.41) is 4.13. The van der Waals surface area contributed by atoms with Gasteiger partial charge in [-0.15, -0.1) is 0 Å². The molecule has 0 aromatic carbocycles. The fourth-order valence-electron chi connectivity index (χ4n) is 2.73. The zero-order valence-corrected chi connectivity index (χ0v) is 12.9. The predicted octanol–water partition coefficient (Wildman–Crippen LogP) is 2.11. The monoisotopic (exact) mass is 283 g/mol. The van der Waals surface area contributed by atoms with Gasteiger partial charge in [-0.25, -0.2) is 0 Å². The number of nitrogens with zero attached hydrogens (tertiary/aromatic N) is 2. The molecule has 5 heteroatoms. The summed E-state index contributed by atoms with van der Waals surface area (Å²) >= 11 is 1.80. The van der Waals surface area contributed by atoms with E-state index in [1.807, 2.05) is 14.0 Å². The van der Waals surface area contributed by atoms with Gasteiger partial charge < -0.3 is 10.2 Å². The number of aliphatic imine (C=N–C) groups is 1. The van der Waals surface area contributed by atoms with Crippen molar-refractivity contribution in [3.05, 3.63) is 0 Å². The molecule has 0 aromatic rings. The van der Waals surface area contributed by atoms with Crippen molar-refractivity contribution in [2.75, 3.05) is 32.4 Å². The van der Waals surface area contributed by atoms with Gasteiger partial charge in [0.2, 0.25) is 5.91 Å². The topological polar surface area (TPSA) is 44.7 Å². The summed E-state index contributed by atoms with van der Waals surface area (Å²) in [6.45, 7) is 4.05. The summed E-state index contributed by atoms with van der Waals surface area (Å²) < 4.78 is 0. The molecule has 0 saturated heterocycles. The van der Waals surface area contributed by atoms with Crippen molar-refractivity contribution in [3.8, 4) is 0 Å². The van der Waals surface area contributed by atoms with E-state index in [1.54, 1.807) is 16.7 Å². The average molecular weight is 283 g/mol. The summed E-state index contributed by atoms with van der Waals surface area (Å²) in [5.74, 6) is 1.29. The minimum Gasteiger partial charge on any atom is -0.356 e. The van der Waals surface area contributed by atoms with Gasteiger partial charge >= 0.3 is 0 Å². The van der Waals surface area contributed by atoms with Crippen LogP contribution in [-0.4, -0.2) is 48.4 Å². The van der Waals surface area contributed by atoms with Gasteiger partial charge in [-0.2, -0.15) is 0 Å². The molecule has 4 nitrogen and oxygen atoms in total. The van der Waals surface area contributed by atoms with Crippen molar-refractivity contribution in [3.63, 3.8) is 0 Å². The molecule has 0 atom stereocenters. The van der Waals surface area contributed by atoms with Crippen LogP contribution in [0.2, 0.25) is 0 Å². The van der Waals surface area contributed by atoms with Crippen LogP contribution in [0.1, 0.15) is 39.0 Å². The Bertz CT molecular complexity index is 351. The lowest BCUT2D eigenvalue weighted by atomic mass is 9.75. The van der Waals surface area contributed by atoms with Crippen LogP contribution in [0.5, 0.6) is 0 Å². The summed E-state index contributed by atoms with van der Waals surface area (Å²) in [6, 6.07) is 0. The summed E-state index contributed by atoms with van der Waals surface area (Å²) in [5.41, 5.74) is 0.457. The molecule has 1 fully saturated rings. The first-order valence-corrected chi connectivity index (χ1v) is 8.29. The van der Waals surface area contributed by atoms with E-state index >= 15 is 0 Å². The molecular formula is C14H25N3OS. The van der Waals surface area contributed by atoms with E-state index in [-0.39, 0.29) is 5.91 Å². The Labute approximate surface area is 120 Å². The molecule has 1 heterocycles. The zero-order chi connectivity index (χ0) is 13.7. The number of rotatable bonds is 3. The second-order valence-corrected chi connectivity index (χ2v) is 6.70. The van der Waals surface area contributed by atoms with Gasteiger partial charge in [-0.1, -0.05) is 31.0 Å². The molecule has 1 amide bonds. The Hall–Kier alpha value is -0.710. The molecule has 2 rings (SSSR count). The van der Waals surface area contributed by atoms with E-state index in [0.29, 0.717) is 12.0 Å². The van der Waals surface area contributed by atoms with Crippen LogP contribution in [0.25, 0.3) is 0 Å². The fourth-order valence-corrected chi connectivity index (χ4v) is 3.88. The number of carbonyl (C=O) groups excluding carboxylic acids is 1. The highest BCUT2D eigenvalue weighted by molar-refractivity contribution is 8.13. The van der Waals surface area contributed by atoms with Crippen molar-refractivity contribution in [1.29, 1.82) is 0 Å². The van der Waals surface area contributed by atoms with Gasteiger partial charge in [0.15, 0.2) is 5.17 Å². The molecule has 2 aliphatic rings. The zero-order valence-electron chi connectivity index (χ0n) is 12.1.